The number of rotatable bonds is 7. The third-order valence-corrected chi connectivity index (χ3v) is 3.67. The van der Waals surface area contributed by atoms with Crippen LogP contribution >= 0.6 is 0 Å². The van der Waals surface area contributed by atoms with Crippen LogP contribution in [-0.2, 0) is 6.42 Å². The highest BCUT2D eigenvalue weighted by molar-refractivity contribution is 5.19. The van der Waals surface area contributed by atoms with Crippen LogP contribution < -0.4 is 11.1 Å². The van der Waals surface area contributed by atoms with Crippen molar-refractivity contribution in [2.75, 3.05) is 6.54 Å². The smallest absolute Gasteiger partial charge is 0.105 e. The number of nitrogens with two attached hydrogens (primary N) is 1. The van der Waals surface area contributed by atoms with Crippen molar-refractivity contribution >= 4 is 0 Å². The van der Waals surface area contributed by atoms with Gasteiger partial charge >= 0.3 is 0 Å². The van der Waals surface area contributed by atoms with Gasteiger partial charge in [0, 0.05) is 18.5 Å². The Balaban J connectivity index is 1.78. The van der Waals surface area contributed by atoms with Gasteiger partial charge < -0.3 is 15.5 Å². The molecule has 3 heteroatoms. The van der Waals surface area contributed by atoms with Crippen LogP contribution in [0.4, 0.5) is 0 Å². The van der Waals surface area contributed by atoms with Crippen LogP contribution in [0.15, 0.2) is 53.1 Å². The second kappa shape index (κ2) is 7.27. The first kappa shape index (κ1) is 14.8. The van der Waals surface area contributed by atoms with Gasteiger partial charge in [-0.25, -0.2) is 0 Å². The number of furan rings is 1. The summed E-state index contributed by atoms with van der Waals surface area (Å²) in [6, 6.07) is 14.7. The van der Waals surface area contributed by atoms with Crippen LogP contribution in [0.1, 0.15) is 31.2 Å². The van der Waals surface area contributed by atoms with Crippen LogP contribution in [0.25, 0.3) is 0 Å². The van der Waals surface area contributed by atoms with Gasteiger partial charge in [-0.3, -0.25) is 0 Å². The van der Waals surface area contributed by atoms with Gasteiger partial charge in [0.25, 0.3) is 0 Å². The average Bonchev–Trinajstić information content (AvgIpc) is 2.97. The summed E-state index contributed by atoms with van der Waals surface area (Å²) in [7, 11) is 0. The molecule has 0 bridgehead atoms. The number of benzene rings is 1. The summed E-state index contributed by atoms with van der Waals surface area (Å²) in [5.41, 5.74) is 7.50. The highest BCUT2D eigenvalue weighted by Crippen LogP contribution is 2.18. The fourth-order valence-corrected chi connectivity index (χ4v) is 2.32. The predicted molar refractivity (Wildman–Crippen MR) is 82.4 cm³/mol. The maximum Gasteiger partial charge on any atom is 0.105 e. The van der Waals surface area contributed by atoms with Crippen LogP contribution in [0, 0.1) is 5.92 Å². The Labute approximate surface area is 121 Å². The summed E-state index contributed by atoms with van der Waals surface area (Å²) in [4.78, 5) is 0. The maximum absolute atomic E-state index is 6.30. The second-order valence-electron chi connectivity index (χ2n) is 5.51. The average molecular weight is 272 g/mol. The molecule has 0 amide bonds. The number of nitrogens with one attached hydrogen (secondary N) is 1. The SMILES string of the molecule is CC(Cc1ccco1)NCC(C)C(N)c1ccccc1. The molecule has 0 aliphatic rings. The third-order valence-electron chi connectivity index (χ3n) is 3.67. The first-order valence-electron chi connectivity index (χ1n) is 7.23. The van der Waals surface area contributed by atoms with Crippen molar-refractivity contribution in [2.45, 2.75) is 32.4 Å². The van der Waals surface area contributed by atoms with Crippen molar-refractivity contribution in [3.63, 3.8) is 0 Å². The van der Waals surface area contributed by atoms with E-state index in [2.05, 4.69) is 31.3 Å². The van der Waals surface area contributed by atoms with Crippen LogP contribution in [-0.4, -0.2) is 12.6 Å². The zero-order valence-corrected chi connectivity index (χ0v) is 12.3. The summed E-state index contributed by atoms with van der Waals surface area (Å²) in [5.74, 6) is 1.40. The third kappa shape index (κ3) is 4.22. The molecule has 0 radical (unpaired) electrons. The van der Waals surface area contributed by atoms with Gasteiger partial charge in [0.1, 0.15) is 5.76 Å². The zero-order valence-electron chi connectivity index (χ0n) is 12.3. The molecule has 3 nitrogen and oxygen atoms in total. The molecular formula is C17H24N2O. The van der Waals surface area contributed by atoms with Crippen molar-refractivity contribution in [3.8, 4) is 0 Å². The summed E-state index contributed by atoms with van der Waals surface area (Å²) >= 11 is 0. The molecule has 108 valence electrons. The van der Waals surface area contributed by atoms with Gasteiger partial charge in [-0.15, -0.1) is 0 Å². The number of hydrogen-bond acceptors (Lipinski definition) is 3. The molecule has 2 aromatic rings. The normalized spacial score (nSPS) is 15.8. The van der Waals surface area contributed by atoms with E-state index in [1.165, 1.54) is 5.56 Å². The van der Waals surface area contributed by atoms with Crippen molar-refractivity contribution in [2.24, 2.45) is 11.7 Å². The van der Waals surface area contributed by atoms with Gasteiger partial charge in [0.15, 0.2) is 0 Å². The Morgan fingerprint density at radius 2 is 1.85 bits per heavy atom. The predicted octanol–water partition coefficient (Wildman–Crippen LogP) is 3.14. The molecule has 0 spiro atoms. The van der Waals surface area contributed by atoms with Gasteiger partial charge in [-0.2, -0.15) is 0 Å². The van der Waals surface area contributed by atoms with Gasteiger partial charge in [0.05, 0.1) is 6.26 Å². The van der Waals surface area contributed by atoms with E-state index >= 15 is 0 Å². The summed E-state index contributed by atoms with van der Waals surface area (Å²) in [6.45, 7) is 5.26. The largest absolute Gasteiger partial charge is 0.469 e. The highest BCUT2D eigenvalue weighted by atomic mass is 16.3. The number of hydrogen-bond donors (Lipinski definition) is 2. The first-order valence-corrected chi connectivity index (χ1v) is 7.23. The Morgan fingerprint density at radius 3 is 2.50 bits per heavy atom. The van der Waals surface area contributed by atoms with E-state index < -0.39 is 0 Å². The van der Waals surface area contributed by atoms with E-state index in [0.717, 1.165) is 18.7 Å². The summed E-state index contributed by atoms with van der Waals surface area (Å²) in [5, 5.41) is 3.53. The summed E-state index contributed by atoms with van der Waals surface area (Å²) in [6.07, 6.45) is 2.62. The fourth-order valence-electron chi connectivity index (χ4n) is 2.32. The quantitative estimate of drug-likeness (QED) is 0.814. The Kier molecular flexibility index (Phi) is 5.39. The molecule has 1 aromatic carbocycles. The molecule has 0 aliphatic carbocycles. The highest BCUT2D eigenvalue weighted by Gasteiger charge is 2.15. The van der Waals surface area contributed by atoms with Crippen LogP contribution in [0.3, 0.4) is 0 Å². The van der Waals surface area contributed by atoms with E-state index in [4.69, 9.17) is 10.2 Å². The lowest BCUT2D eigenvalue weighted by atomic mass is 9.95. The molecule has 0 saturated heterocycles. The minimum atomic E-state index is 0.0690. The van der Waals surface area contributed by atoms with E-state index in [1.807, 2.05) is 30.3 Å². The van der Waals surface area contributed by atoms with Crippen LogP contribution in [0.5, 0.6) is 0 Å². The van der Waals surface area contributed by atoms with Crippen molar-refractivity contribution in [3.05, 3.63) is 60.1 Å². The molecule has 1 aromatic heterocycles. The molecule has 0 saturated carbocycles. The molecule has 3 atom stereocenters. The van der Waals surface area contributed by atoms with E-state index in [1.54, 1.807) is 6.26 Å². The van der Waals surface area contributed by atoms with E-state index in [-0.39, 0.29) is 6.04 Å². The molecule has 20 heavy (non-hydrogen) atoms. The zero-order chi connectivity index (χ0) is 14.4. The standard InChI is InChI=1S/C17H24N2O/c1-13(17(18)15-7-4-3-5-8-15)12-19-14(2)11-16-9-6-10-20-16/h3-10,13-14,17,19H,11-12,18H2,1-2H3. The van der Waals surface area contributed by atoms with Crippen molar-refractivity contribution < 1.29 is 4.42 Å². The second-order valence-corrected chi connectivity index (χ2v) is 5.51. The molecular weight excluding hydrogens is 248 g/mol. The fraction of sp³-hybridized carbons (Fsp3) is 0.412. The van der Waals surface area contributed by atoms with E-state index in [9.17, 15) is 0 Å². The summed E-state index contributed by atoms with van der Waals surface area (Å²) < 4.78 is 5.36. The molecule has 1 heterocycles. The first-order chi connectivity index (χ1) is 9.66. The maximum atomic E-state index is 6.30. The van der Waals surface area contributed by atoms with E-state index in [0.29, 0.717) is 12.0 Å². The monoisotopic (exact) mass is 272 g/mol. The molecule has 2 rings (SSSR count). The van der Waals surface area contributed by atoms with Gasteiger partial charge in [0.2, 0.25) is 0 Å². The Bertz CT molecular complexity index is 481. The molecule has 0 fully saturated rings. The van der Waals surface area contributed by atoms with Crippen molar-refractivity contribution in [1.29, 1.82) is 0 Å². The van der Waals surface area contributed by atoms with Gasteiger partial charge in [-0.1, -0.05) is 37.3 Å². The lowest BCUT2D eigenvalue weighted by Crippen LogP contribution is -2.35. The van der Waals surface area contributed by atoms with Crippen LogP contribution in [0.2, 0.25) is 0 Å². The molecule has 0 aliphatic heterocycles. The lowest BCUT2D eigenvalue weighted by Gasteiger charge is -2.23. The van der Waals surface area contributed by atoms with Gasteiger partial charge in [-0.05, 0) is 37.1 Å². The molecule has 3 unspecified atom stereocenters. The Hall–Kier alpha value is -1.58. The topological polar surface area (TPSA) is 51.2 Å². The molecule has 3 N–H and O–H groups in total. The Morgan fingerprint density at radius 1 is 1.10 bits per heavy atom. The lowest BCUT2D eigenvalue weighted by molar-refractivity contribution is 0.392. The van der Waals surface area contributed by atoms with Crippen molar-refractivity contribution in [1.82, 2.24) is 5.32 Å². The minimum Gasteiger partial charge on any atom is -0.469 e. The minimum absolute atomic E-state index is 0.0690.